The van der Waals surface area contributed by atoms with Crippen molar-refractivity contribution in [2.24, 2.45) is 4.99 Å². The van der Waals surface area contributed by atoms with Gasteiger partial charge in [0.2, 0.25) is 5.90 Å². The van der Waals surface area contributed by atoms with Gasteiger partial charge in [-0.25, -0.2) is 4.99 Å². The summed E-state index contributed by atoms with van der Waals surface area (Å²) in [5, 5.41) is 0. The van der Waals surface area contributed by atoms with Gasteiger partial charge in [-0.2, -0.15) is 0 Å². The first-order chi connectivity index (χ1) is 12.8. The summed E-state index contributed by atoms with van der Waals surface area (Å²) >= 11 is 7.23. The molecule has 0 aliphatic carbocycles. The third-order valence-electron chi connectivity index (χ3n) is 4.26. The number of rotatable bonds is 7. The van der Waals surface area contributed by atoms with E-state index in [9.17, 15) is 0 Å². The molecule has 0 saturated heterocycles. The molecule has 7 heteroatoms. The molecule has 0 aromatic heterocycles. The Balaban J connectivity index is 2.44. The molecular weight excluding hydrogens is 476 g/mol. The number of benzene rings is 1. The van der Waals surface area contributed by atoms with E-state index < -0.39 is 0 Å². The summed E-state index contributed by atoms with van der Waals surface area (Å²) in [4.78, 5) is 6.76. The van der Waals surface area contributed by atoms with Crippen LogP contribution < -0.4 is 9.47 Å². The lowest BCUT2D eigenvalue weighted by Crippen LogP contribution is -2.32. The Hall–Kier alpha value is -1.21. The maximum absolute atomic E-state index is 6.04. The molecule has 1 heterocycles. The first-order valence-corrected chi connectivity index (χ1v) is 10.8. The van der Waals surface area contributed by atoms with Gasteiger partial charge in [-0.05, 0) is 64.6 Å². The topological polar surface area (TPSA) is 43.3 Å². The molecule has 5 nitrogen and oxygen atoms in total. The van der Waals surface area contributed by atoms with Crippen LogP contribution in [-0.4, -0.2) is 43.7 Å². The normalized spacial score (nSPS) is 14.7. The van der Waals surface area contributed by atoms with Crippen LogP contribution >= 0.6 is 31.9 Å². The molecule has 1 aromatic rings. The number of hydrogen-bond acceptors (Lipinski definition) is 5. The first-order valence-electron chi connectivity index (χ1n) is 9.20. The van der Waals surface area contributed by atoms with Crippen LogP contribution in [-0.2, 0) is 4.74 Å². The van der Waals surface area contributed by atoms with E-state index in [4.69, 9.17) is 14.2 Å². The molecule has 27 heavy (non-hydrogen) atoms. The number of ether oxygens (including phenoxy) is 3. The van der Waals surface area contributed by atoms with E-state index >= 15 is 0 Å². The van der Waals surface area contributed by atoms with Crippen molar-refractivity contribution in [2.45, 2.75) is 52.7 Å². The SMILES string of the molecule is CCC(CC)OC1=NC(Br)=C(c2cc(Br)c(OC(C)C)cc2OC)N(C)C1. The second-order valence-electron chi connectivity index (χ2n) is 6.71. The summed E-state index contributed by atoms with van der Waals surface area (Å²) in [6.45, 7) is 8.85. The predicted molar refractivity (Wildman–Crippen MR) is 118 cm³/mol. The molecule has 0 unspecified atom stereocenters. The highest BCUT2D eigenvalue weighted by Crippen LogP contribution is 2.40. The van der Waals surface area contributed by atoms with E-state index in [0.29, 0.717) is 6.54 Å². The Kier molecular flexibility index (Phi) is 8.04. The van der Waals surface area contributed by atoms with Gasteiger partial charge in [-0.15, -0.1) is 0 Å². The summed E-state index contributed by atoms with van der Waals surface area (Å²) in [7, 11) is 3.68. The smallest absolute Gasteiger partial charge is 0.209 e. The zero-order chi connectivity index (χ0) is 20.1. The van der Waals surface area contributed by atoms with Gasteiger partial charge < -0.3 is 19.1 Å². The summed E-state index contributed by atoms with van der Waals surface area (Å²) < 4.78 is 19.1. The summed E-state index contributed by atoms with van der Waals surface area (Å²) in [6.07, 6.45) is 2.20. The Morgan fingerprint density at radius 2 is 1.78 bits per heavy atom. The van der Waals surface area contributed by atoms with Gasteiger partial charge in [0.15, 0.2) is 0 Å². The highest BCUT2D eigenvalue weighted by Gasteiger charge is 2.25. The Labute approximate surface area is 179 Å². The standard InChI is InChI=1S/C20H28Br2N2O3/c1-7-13(8-2)27-18-11-24(5)19(20(22)23-18)14-9-15(21)17(26-12(3)4)10-16(14)25-6/h9-10,12-13H,7-8,11H2,1-6H3. The fraction of sp³-hybridized carbons (Fsp3) is 0.550. The van der Waals surface area contributed by atoms with Gasteiger partial charge in [0.1, 0.15) is 16.1 Å². The molecule has 0 bridgehead atoms. The van der Waals surface area contributed by atoms with Crippen molar-refractivity contribution in [3.05, 3.63) is 26.8 Å². The molecule has 0 spiro atoms. The van der Waals surface area contributed by atoms with Gasteiger partial charge in [-0.3, -0.25) is 0 Å². The Morgan fingerprint density at radius 1 is 1.11 bits per heavy atom. The van der Waals surface area contributed by atoms with Gasteiger partial charge in [0, 0.05) is 18.7 Å². The number of nitrogens with zero attached hydrogens (tertiary/aromatic N) is 2. The molecular formula is C20H28Br2N2O3. The molecule has 1 aliphatic rings. The number of likely N-dealkylation sites (N-methyl/N-ethyl adjacent to an activating group) is 1. The monoisotopic (exact) mass is 502 g/mol. The van der Waals surface area contributed by atoms with Gasteiger partial charge >= 0.3 is 0 Å². The van der Waals surface area contributed by atoms with Crippen LogP contribution in [0.15, 0.2) is 26.2 Å². The van der Waals surface area contributed by atoms with Crippen LogP contribution in [0.4, 0.5) is 0 Å². The van der Waals surface area contributed by atoms with E-state index in [0.717, 1.165) is 50.6 Å². The van der Waals surface area contributed by atoms with E-state index in [2.05, 4.69) is 55.6 Å². The average molecular weight is 504 g/mol. The van der Waals surface area contributed by atoms with Crippen molar-refractivity contribution in [1.29, 1.82) is 0 Å². The maximum atomic E-state index is 6.04. The molecule has 1 aliphatic heterocycles. The van der Waals surface area contributed by atoms with Crippen LogP contribution in [0.1, 0.15) is 46.1 Å². The lowest BCUT2D eigenvalue weighted by molar-refractivity contribution is 0.170. The van der Waals surface area contributed by atoms with Crippen LogP contribution in [0.5, 0.6) is 11.5 Å². The van der Waals surface area contributed by atoms with Crippen LogP contribution in [0.25, 0.3) is 5.70 Å². The molecule has 150 valence electrons. The van der Waals surface area contributed by atoms with E-state index in [1.54, 1.807) is 7.11 Å². The zero-order valence-corrected chi connectivity index (χ0v) is 20.0. The summed E-state index contributed by atoms with van der Waals surface area (Å²) in [5.74, 6) is 2.20. The van der Waals surface area contributed by atoms with Crippen LogP contribution in [0.3, 0.4) is 0 Å². The van der Waals surface area contributed by atoms with E-state index in [1.807, 2.05) is 33.0 Å². The largest absolute Gasteiger partial charge is 0.496 e. The zero-order valence-electron chi connectivity index (χ0n) is 16.8. The van der Waals surface area contributed by atoms with Crippen molar-refractivity contribution in [2.75, 3.05) is 20.7 Å². The lowest BCUT2D eigenvalue weighted by atomic mass is 10.1. The molecule has 0 atom stereocenters. The van der Waals surface area contributed by atoms with Gasteiger partial charge in [-0.1, -0.05) is 13.8 Å². The summed E-state index contributed by atoms with van der Waals surface area (Å²) in [6, 6.07) is 3.91. The molecule has 0 amide bonds. The van der Waals surface area contributed by atoms with Gasteiger partial charge in [0.25, 0.3) is 0 Å². The highest BCUT2D eigenvalue weighted by atomic mass is 79.9. The number of aliphatic imine (C=N–C) groups is 1. The Bertz CT molecular complexity index is 728. The third kappa shape index (κ3) is 5.41. The lowest BCUT2D eigenvalue weighted by Gasteiger charge is -2.30. The molecule has 0 radical (unpaired) electrons. The first kappa shape index (κ1) is 22.1. The van der Waals surface area contributed by atoms with Crippen molar-refractivity contribution >= 4 is 43.5 Å². The number of halogens is 2. The fourth-order valence-electron chi connectivity index (χ4n) is 2.90. The maximum Gasteiger partial charge on any atom is 0.209 e. The second-order valence-corrected chi connectivity index (χ2v) is 8.31. The van der Waals surface area contributed by atoms with E-state index in [1.165, 1.54) is 0 Å². The number of hydrogen-bond donors (Lipinski definition) is 0. The molecule has 2 rings (SSSR count). The molecule has 0 N–H and O–H groups in total. The quantitative estimate of drug-likeness (QED) is 0.440. The van der Waals surface area contributed by atoms with Crippen molar-refractivity contribution in [3.63, 3.8) is 0 Å². The minimum atomic E-state index is 0.0783. The van der Waals surface area contributed by atoms with Crippen molar-refractivity contribution in [1.82, 2.24) is 4.90 Å². The number of methoxy groups -OCH3 is 1. The molecule has 0 fully saturated rings. The molecule has 1 aromatic carbocycles. The van der Waals surface area contributed by atoms with Crippen LogP contribution in [0, 0.1) is 0 Å². The Morgan fingerprint density at radius 3 is 2.30 bits per heavy atom. The second kappa shape index (κ2) is 9.82. The predicted octanol–water partition coefficient (Wildman–Crippen LogP) is 5.82. The minimum Gasteiger partial charge on any atom is -0.496 e. The van der Waals surface area contributed by atoms with E-state index in [-0.39, 0.29) is 12.2 Å². The molecule has 0 saturated carbocycles. The van der Waals surface area contributed by atoms with Crippen LogP contribution in [0.2, 0.25) is 0 Å². The van der Waals surface area contributed by atoms with Gasteiger partial charge in [0.05, 0.1) is 36.0 Å². The summed E-state index contributed by atoms with van der Waals surface area (Å²) in [5.41, 5.74) is 1.88. The highest BCUT2D eigenvalue weighted by molar-refractivity contribution is 9.11. The minimum absolute atomic E-state index is 0.0783. The van der Waals surface area contributed by atoms with Crippen molar-refractivity contribution < 1.29 is 14.2 Å². The third-order valence-corrected chi connectivity index (χ3v) is 5.43. The fourth-order valence-corrected chi connectivity index (χ4v) is 4.05. The average Bonchev–Trinajstić information content (AvgIpc) is 2.60. The van der Waals surface area contributed by atoms with Crippen molar-refractivity contribution in [3.8, 4) is 11.5 Å².